The number of ketones is 1. The fourth-order valence-corrected chi connectivity index (χ4v) is 6.77. The Labute approximate surface area is 173 Å². The van der Waals surface area contributed by atoms with E-state index in [1.165, 1.54) is 6.08 Å². The van der Waals surface area contributed by atoms with E-state index in [2.05, 4.69) is 4.99 Å². The summed E-state index contributed by atoms with van der Waals surface area (Å²) in [6, 6.07) is 7.49. The van der Waals surface area contributed by atoms with E-state index >= 15 is 0 Å². The molecule has 5 atom stereocenters. The minimum absolute atomic E-state index is 0.00989. The van der Waals surface area contributed by atoms with Crippen LogP contribution in [0.25, 0.3) is 0 Å². The van der Waals surface area contributed by atoms with Crippen molar-refractivity contribution in [3.05, 3.63) is 54.1 Å². The molecule has 0 saturated heterocycles. The van der Waals surface area contributed by atoms with Gasteiger partial charge < -0.3 is 4.74 Å². The van der Waals surface area contributed by atoms with Gasteiger partial charge in [0.2, 0.25) is 0 Å². The smallest absolute Gasteiger partial charge is 0.434 e. The third-order valence-electron chi connectivity index (χ3n) is 5.82. The maximum Gasteiger partial charge on any atom is 0.434 e. The van der Waals surface area contributed by atoms with E-state index in [4.69, 9.17) is 4.74 Å². The van der Waals surface area contributed by atoms with Gasteiger partial charge in [-0.1, -0.05) is 29.8 Å². The Kier molecular flexibility index (Phi) is 4.73. The van der Waals surface area contributed by atoms with Crippen LogP contribution in [0, 0.1) is 24.7 Å². The number of amides is 1. The molecule has 1 aromatic carbocycles. The summed E-state index contributed by atoms with van der Waals surface area (Å²) in [5.41, 5.74) is 0.758. The third kappa shape index (κ3) is 3.23. The maximum absolute atomic E-state index is 14.0. The molecule has 1 saturated carbocycles. The molecule has 0 aromatic heterocycles. The minimum Gasteiger partial charge on any atom is -0.442 e. The van der Waals surface area contributed by atoms with Crippen LogP contribution in [0.4, 0.5) is 4.79 Å². The van der Waals surface area contributed by atoms with Crippen LogP contribution < -0.4 is 0 Å². The highest BCUT2D eigenvalue weighted by Gasteiger charge is 2.65. The quantitative estimate of drug-likeness (QED) is 0.685. The van der Waals surface area contributed by atoms with E-state index in [1.807, 2.05) is 43.3 Å². The second kappa shape index (κ2) is 6.87. The summed E-state index contributed by atoms with van der Waals surface area (Å²) < 4.78 is 18.3. The van der Waals surface area contributed by atoms with Gasteiger partial charge in [0, 0.05) is 10.8 Å². The van der Waals surface area contributed by atoms with Crippen LogP contribution >= 0.6 is 0 Å². The topological polar surface area (TPSA) is 72.8 Å². The van der Waals surface area contributed by atoms with Crippen molar-refractivity contribution < 1.29 is 18.5 Å². The molecule has 0 heterocycles. The first-order chi connectivity index (χ1) is 13.6. The number of ether oxygens (including phenoxy) is 1. The van der Waals surface area contributed by atoms with Gasteiger partial charge in [0.05, 0.1) is 22.4 Å². The van der Waals surface area contributed by atoms with Gasteiger partial charge >= 0.3 is 6.09 Å². The van der Waals surface area contributed by atoms with Crippen molar-refractivity contribution in [3.8, 4) is 0 Å². The molecule has 29 heavy (non-hydrogen) atoms. The molecule has 3 aliphatic rings. The largest absolute Gasteiger partial charge is 0.442 e. The number of aryl methyl sites for hydroxylation is 1. The molecule has 3 aliphatic carbocycles. The van der Waals surface area contributed by atoms with Gasteiger partial charge in [-0.15, -0.1) is 0 Å². The van der Waals surface area contributed by atoms with Crippen LogP contribution in [0.5, 0.6) is 0 Å². The Morgan fingerprint density at radius 3 is 2.52 bits per heavy atom. The number of nitrogens with zero attached hydrogens (tertiary/aromatic N) is 1. The Bertz CT molecular complexity index is 983. The van der Waals surface area contributed by atoms with Crippen LogP contribution in [0.1, 0.15) is 32.8 Å². The monoisotopic (exact) mass is 411 g/mol. The van der Waals surface area contributed by atoms with Gasteiger partial charge in [0.25, 0.3) is 0 Å². The van der Waals surface area contributed by atoms with E-state index in [1.54, 1.807) is 26.8 Å². The molecule has 0 radical (unpaired) electrons. The van der Waals surface area contributed by atoms with E-state index in [-0.39, 0.29) is 17.6 Å². The van der Waals surface area contributed by atoms with Crippen LogP contribution in [0.2, 0.25) is 0 Å². The van der Waals surface area contributed by atoms with Crippen molar-refractivity contribution in [2.45, 2.75) is 49.4 Å². The van der Waals surface area contributed by atoms with Gasteiger partial charge in [0.1, 0.15) is 10.3 Å². The first-order valence-electron chi connectivity index (χ1n) is 9.84. The number of fused-ring (bicyclic) bond motifs is 5. The van der Waals surface area contributed by atoms with Crippen molar-refractivity contribution in [1.82, 2.24) is 0 Å². The number of carbonyl (C=O) groups excluding carboxylic acids is 2. The summed E-state index contributed by atoms with van der Waals surface area (Å²) in [5, 5.41) is 0. The predicted molar refractivity (Wildman–Crippen MR) is 112 cm³/mol. The molecule has 1 aromatic rings. The molecule has 1 amide bonds. The van der Waals surface area contributed by atoms with Crippen molar-refractivity contribution in [2.24, 2.45) is 22.7 Å². The van der Waals surface area contributed by atoms with E-state index in [0.29, 0.717) is 10.6 Å². The van der Waals surface area contributed by atoms with Crippen molar-refractivity contribution in [3.63, 3.8) is 0 Å². The van der Waals surface area contributed by atoms with E-state index in [9.17, 15) is 13.8 Å². The molecule has 0 aliphatic heterocycles. The van der Waals surface area contributed by atoms with Crippen LogP contribution in [-0.4, -0.2) is 32.1 Å². The Hall–Kier alpha value is -2.34. The molecule has 1 unspecified atom stereocenters. The van der Waals surface area contributed by atoms with E-state index < -0.39 is 33.2 Å². The minimum atomic E-state index is -1.56. The zero-order chi connectivity index (χ0) is 21.0. The molecular weight excluding hydrogens is 386 g/mol. The lowest BCUT2D eigenvalue weighted by Gasteiger charge is -2.41. The molecule has 4 rings (SSSR count). The van der Waals surface area contributed by atoms with E-state index in [0.717, 1.165) is 12.0 Å². The molecule has 152 valence electrons. The lowest BCUT2D eigenvalue weighted by molar-refractivity contribution is -0.119. The SMILES string of the molecule is Cc1ccc(S(=O)[C@]23/C(=N/C(=O)OC(C)(C)C)C=CC(=O)[C@H]2[C@H]2C=C[C@@H]3C2)cc1. The molecule has 5 nitrogen and oxygen atoms in total. The second-order valence-corrected chi connectivity index (χ2v) is 10.6. The summed E-state index contributed by atoms with van der Waals surface area (Å²) in [4.78, 5) is 30.3. The average Bonchev–Trinajstić information content (AvgIpc) is 3.24. The van der Waals surface area contributed by atoms with Gasteiger partial charge in [-0.05, 0) is 64.3 Å². The van der Waals surface area contributed by atoms with Gasteiger partial charge in [-0.2, -0.15) is 4.99 Å². The van der Waals surface area contributed by atoms with Crippen LogP contribution in [-0.2, 0) is 20.3 Å². The third-order valence-corrected chi connectivity index (χ3v) is 7.90. The number of allylic oxidation sites excluding steroid dienone is 4. The lowest BCUT2D eigenvalue weighted by atomic mass is 9.73. The van der Waals surface area contributed by atoms with Gasteiger partial charge in [-0.3, -0.25) is 9.00 Å². The summed E-state index contributed by atoms with van der Waals surface area (Å²) >= 11 is 0. The molecule has 6 heteroatoms. The standard InChI is InChI=1S/C23H25NO4S/c1-14-5-9-17(10-6-14)29(27)23-16-8-7-15(13-16)20(23)18(25)11-12-19(23)24-21(26)28-22(2,3)4/h5-12,15-16,20H,13H2,1-4H3/b24-19+/t15-,16+,20+,23+,29?/m0/s1. The normalized spacial score (nSPS) is 32.5. The van der Waals surface area contributed by atoms with Crippen LogP contribution in [0.15, 0.2) is 58.5 Å². The number of rotatable bonds is 2. The highest BCUT2D eigenvalue weighted by Crippen LogP contribution is 2.57. The fourth-order valence-electron chi connectivity index (χ4n) is 4.72. The number of aliphatic imine (C=N–C) groups is 1. The molecule has 0 N–H and O–H groups in total. The zero-order valence-electron chi connectivity index (χ0n) is 17.0. The fraction of sp³-hybridized carbons (Fsp3) is 0.435. The Morgan fingerprint density at radius 2 is 1.86 bits per heavy atom. The highest BCUT2D eigenvalue weighted by molar-refractivity contribution is 7.87. The average molecular weight is 412 g/mol. The maximum atomic E-state index is 14.0. The number of carbonyl (C=O) groups is 2. The van der Waals surface area contributed by atoms with Gasteiger partial charge in [0.15, 0.2) is 5.78 Å². The Balaban J connectivity index is 1.86. The predicted octanol–water partition coefficient (Wildman–Crippen LogP) is 4.18. The number of hydrogen-bond donors (Lipinski definition) is 0. The summed E-state index contributed by atoms with van der Waals surface area (Å²) in [5.74, 6) is -0.637. The second-order valence-electron chi connectivity index (χ2n) is 8.96. The Morgan fingerprint density at radius 1 is 1.17 bits per heavy atom. The summed E-state index contributed by atoms with van der Waals surface area (Å²) in [6.45, 7) is 7.29. The van der Waals surface area contributed by atoms with Crippen molar-refractivity contribution in [2.75, 3.05) is 0 Å². The van der Waals surface area contributed by atoms with Crippen molar-refractivity contribution >= 4 is 28.4 Å². The molecule has 1 fully saturated rings. The number of hydrogen-bond acceptors (Lipinski definition) is 4. The molecule has 2 bridgehead atoms. The molecule has 0 spiro atoms. The van der Waals surface area contributed by atoms with Crippen LogP contribution in [0.3, 0.4) is 0 Å². The summed E-state index contributed by atoms with van der Waals surface area (Å²) in [7, 11) is -1.56. The zero-order valence-corrected chi connectivity index (χ0v) is 17.9. The first-order valence-corrected chi connectivity index (χ1v) is 11.0. The molecular formula is C23H25NO4S. The first kappa shape index (κ1) is 20.0. The lowest BCUT2D eigenvalue weighted by Crippen LogP contribution is -2.56. The van der Waals surface area contributed by atoms with Gasteiger partial charge in [-0.25, -0.2) is 4.79 Å². The summed E-state index contributed by atoms with van der Waals surface area (Å²) in [6.07, 6.45) is 7.11. The van der Waals surface area contributed by atoms with Crippen molar-refractivity contribution in [1.29, 1.82) is 0 Å². The highest BCUT2D eigenvalue weighted by atomic mass is 32.2. The number of benzene rings is 1.